The van der Waals surface area contributed by atoms with Gasteiger partial charge in [0, 0.05) is 11.4 Å². The fourth-order valence-electron chi connectivity index (χ4n) is 1.93. The second kappa shape index (κ2) is 6.45. The number of hydrogen-bond acceptors (Lipinski definition) is 5. The van der Waals surface area contributed by atoms with Gasteiger partial charge in [0.05, 0.1) is 12.0 Å². The van der Waals surface area contributed by atoms with Crippen LogP contribution in [-0.4, -0.2) is 37.7 Å². The van der Waals surface area contributed by atoms with E-state index < -0.39 is 0 Å². The van der Waals surface area contributed by atoms with Crippen molar-refractivity contribution in [1.29, 1.82) is 0 Å². The van der Waals surface area contributed by atoms with Crippen LogP contribution in [0.3, 0.4) is 0 Å². The maximum Gasteiger partial charge on any atom is 0.223 e. The smallest absolute Gasteiger partial charge is 0.223 e. The zero-order chi connectivity index (χ0) is 13.8. The lowest BCUT2D eigenvalue weighted by Crippen LogP contribution is -2.03. The molecular weight excluding hydrogens is 284 g/mol. The first-order chi connectivity index (χ1) is 9.10. The van der Waals surface area contributed by atoms with Crippen LogP contribution in [0.15, 0.2) is 12.3 Å². The van der Waals surface area contributed by atoms with Crippen LogP contribution in [0.1, 0.15) is 13.3 Å². The van der Waals surface area contributed by atoms with Crippen LogP contribution in [-0.2, 0) is 0 Å². The fraction of sp³-hybridized carbons (Fsp3) is 0.500. The molecule has 0 spiro atoms. The Hall–Kier alpha value is -0.980. The molecule has 4 N–H and O–H groups in total. The number of aromatic amines is 1. The number of rotatable bonds is 1. The molecule has 2 aromatic rings. The molecule has 3 rings (SSSR count). The van der Waals surface area contributed by atoms with Crippen molar-refractivity contribution >= 4 is 40.3 Å². The summed E-state index contributed by atoms with van der Waals surface area (Å²) < 4.78 is 0. The molecule has 1 aliphatic heterocycles. The van der Waals surface area contributed by atoms with E-state index in [1.165, 1.54) is 12.2 Å². The third kappa shape index (κ3) is 3.75. The molecule has 0 saturated carbocycles. The Labute approximate surface area is 121 Å². The molecular formula is C12H17ClN4OS. The molecule has 1 fully saturated rings. The van der Waals surface area contributed by atoms with Crippen molar-refractivity contribution in [2.45, 2.75) is 18.6 Å². The first-order valence-electron chi connectivity index (χ1n) is 6.08. The topological polar surface area (TPSA) is 87.8 Å². The second-order valence-electron chi connectivity index (χ2n) is 4.59. The van der Waals surface area contributed by atoms with Gasteiger partial charge in [-0.3, -0.25) is 0 Å². The Morgan fingerprint density at radius 2 is 2.37 bits per heavy atom. The van der Waals surface area contributed by atoms with E-state index in [-0.39, 0.29) is 5.95 Å². The quantitative estimate of drug-likeness (QED) is 0.703. The highest BCUT2D eigenvalue weighted by atomic mass is 35.5. The van der Waals surface area contributed by atoms with E-state index in [0.29, 0.717) is 22.7 Å². The Morgan fingerprint density at radius 3 is 2.95 bits per heavy atom. The Balaban J connectivity index is 0.000000148. The molecule has 7 heteroatoms. The molecule has 0 radical (unpaired) electrons. The van der Waals surface area contributed by atoms with Gasteiger partial charge >= 0.3 is 0 Å². The molecule has 0 aliphatic carbocycles. The van der Waals surface area contributed by atoms with Gasteiger partial charge < -0.3 is 15.8 Å². The standard InChI is InChI=1S/C6H5ClN4.C6H12OS/c7-4-3-1-2-9-5(3)11-6(8)10-4;1-5-2-6(3-7)8-4-5/h1-2H,(H3,8,9,10,11);5-7H,2-4H2,1H3/t;5-,6?/m.0/s1. The van der Waals surface area contributed by atoms with Gasteiger partial charge in [0.1, 0.15) is 10.8 Å². The van der Waals surface area contributed by atoms with Crippen LogP contribution >= 0.6 is 23.4 Å². The number of halogens is 1. The largest absolute Gasteiger partial charge is 0.395 e. The van der Waals surface area contributed by atoms with E-state index in [4.69, 9.17) is 22.4 Å². The van der Waals surface area contributed by atoms with Gasteiger partial charge in [0.15, 0.2) is 0 Å². The summed E-state index contributed by atoms with van der Waals surface area (Å²) in [5.41, 5.74) is 6.03. The lowest BCUT2D eigenvalue weighted by Gasteiger charge is -2.00. The van der Waals surface area contributed by atoms with Crippen LogP contribution in [0.4, 0.5) is 5.95 Å². The van der Waals surface area contributed by atoms with E-state index in [1.807, 2.05) is 11.8 Å². The number of nitrogens with zero attached hydrogens (tertiary/aromatic N) is 2. The van der Waals surface area contributed by atoms with Gasteiger partial charge in [-0.1, -0.05) is 18.5 Å². The number of thioether (sulfide) groups is 1. The third-order valence-corrected chi connectivity index (χ3v) is 4.73. The van der Waals surface area contributed by atoms with Gasteiger partial charge in [-0.25, -0.2) is 4.98 Å². The molecule has 1 unspecified atom stereocenters. The number of aromatic nitrogens is 3. The van der Waals surface area contributed by atoms with Crippen molar-refractivity contribution in [3.8, 4) is 0 Å². The number of fused-ring (bicyclic) bond motifs is 1. The Kier molecular flexibility index (Phi) is 4.90. The first kappa shape index (κ1) is 14.4. The summed E-state index contributed by atoms with van der Waals surface area (Å²) in [4.78, 5) is 10.6. The highest BCUT2D eigenvalue weighted by Crippen LogP contribution is 2.30. The third-order valence-electron chi connectivity index (χ3n) is 2.87. The van der Waals surface area contributed by atoms with Crippen LogP contribution in [0.5, 0.6) is 0 Å². The number of aliphatic hydroxyl groups is 1. The van der Waals surface area contributed by atoms with E-state index in [2.05, 4.69) is 21.9 Å². The van der Waals surface area contributed by atoms with Crippen molar-refractivity contribution in [2.75, 3.05) is 18.1 Å². The summed E-state index contributed by atoms with van der Waals surface area (Å²) in [7, 11) is 0. The SMILES string of the molecule is C[C@@H]1CSC(CO)C1.Nc1nc(Cl)c2cc[nH]c2n1. The lowest BCUT2D eigenvalue weighted by molar-refractivity contribution is 0.287. The summed E-state index contributed by atoms with van der Waals surface area (Å²) in [6.45, 7) is 2.61. The summed E-state index contributed by atoms with van der Waals surface area (Å²) in [5.74, 6) is 2.26. The highest BCUT2D eigenvalue weighted by molar-refractivity contribution is 8.00. The zero-order valence-electron chi connectivity index (χ0n) is 10.6. The van der Waals surface area contributed by atoms with E-state index >= 15 is 0 Å². The second-order valence-corrected chi connectivity index (χ2v) is 6.28. The molecule has 1 aliphatic rings. The molecule has 2 aromatic heterocycles. The van der Waals surface area contributed by atoms with Crippen molar-refractivity contribution in [2.24, 2.45) is 5.92 Å². The average molecular weight is 301 g/mol. The summed E-state index contributed by atoms with van der Waals surface area (Å²) in [6, 6.07) is 1.80. The number of nitrogens with two attached hydrogens (primary N) is 1. The van der Waals surface area contributed by atoms with Gasteiger partial charge in [0.25, 0.3) is 0 Å². The summed E-state index contributed by atoms with van der Waals surface area (Å²) in [5, 5.41) is 10.4. The first-order valence-corrected chi connectivity index (χ1v) is 7.51. The zero-order valence-corrected chi connectivity index (χ0v) is 12.2. The van der Waals surface area contributed by atoms with Gasteiger partial charge in [0.2, 0.25) is 5.95 Å². The summed E-state index contributed by atoms with van der Waals surface area (Å²) in [6.07, 6.45) is 2.95. The predicted molar refractivity (Wildman–Crippen MR) is 80.4 cm³/mol. The molecule has 5 nitrogen and oxygen atoms in total. The fourth-order valence-corrected chi connectivity index (χ4v) is 3.48. The van der Waals surface area contributed by atoms with Gasteiger partial charge in [-0.2, -0.15) is 16.7 Å². The van der Waals surface area contributed by atoms with Crippen molar-refractivity contribution in [3.05, 3.63) is 17.4 Å². The Morgan fingerprint density at radius 1 is 1.58 bits per heavy atom. The molecule has 1 saturated heterocycles. The van der Waals surface area contributed by atoms with E-state index in [0.717, 1.165) is 11.3 Å². The molecule has 0 amide bonds. The lowest BCUT2D eigenvalue weighted by atomic mass is 10.1. The summed E-state index contributed by atoms with van der Waals surface area (Å²) >= 11 is 7.65. The van der Waals surface area contributed by atoms with Crippen molar-refractivity contribution < 1.29 is 5.11 Å². The van der Waals surface area contributed by atoms with Crippen LogP contribution < -0.4 is 5.73 Å². The minimum absolute atomic E-state index is 0.185. The molecule has 0 bridgehead atoms. The average Bonchev–Trinajstić information content (AvgIpc) is 2.98. The maximum absolute atomic E-state index is 8.66. The highest BCUT2D eigenvalue weighted by Gasteiger charge is 2.20. The minimum Gasteiger partial charge on any atom is -0.395 e. The maximum atomic E-state index is 8.66. The molecule has 104 valence electrons. The Bertz CT molecular complexity index is 548. The van der Waals surface area contributed by atoms with Gasteiger partial charge in [-0.15, -0.1) is 0 Å². The number of nitrogens with one attached hydrogen (secondary N) is 1. The van der Waals surface area contributed by atoms with Crippen LogP contribution in [0.25, 0.3) is 11.0 Å². The molecule has 2 atom stereocenters. The van der Waals surface area contributed by atoms with Gasteiger partial charge in [-0.05, 0) is 24.2 Å². The minimum atomic E-state index is 0.185. The molecule has 3 heterocycles. The van der Waals surface area contributed by atoms with E-state index in [1.54, 1.807) is 12.3 Å². The van der Waals surface area contributed by atoms with E-state index in [9.17, 15) is 0 Å². The van der Waals surface area contributed by atoms with Crippen LogP contribution in [0, 0.1) is 5.92 Å². The number of hydrogen-bond donors (Lipinski definition) is 3. The van der Waals surface area contributed by atoms with Crippen molar-refractivity contribution in [1.82, 2.24) is 15.0 Å². The van der Waals surface area contributed by atoms with Crippen LogP contribution in [0.2, 0.25) is 5.15 Å². The predicted octanol–water partition coefficient (Wildman–Crippen LogP) is 2.31. The number of nitrogen functional groups attached to an aromatic ring is 1. The number of H-pyrrole nitrogens is 1. The van der Waals surface area contributed by atoms with Crippen molar-refractivity contribution in [3.63, 3.8) is 0 Å². The number of anilines is 1. The normalized spacial score (nSPS) is 22.3. The monoisotopic (exact) mass is 300 g/mol. The number of aliphatic hydroxyl groups excluding tert-OH is 1. The molecule has 0 aromatic carbocycles. The molecule has 19 heavy (non-hydrogen) atoms.